The number of fused-ring (bicyclic) bond motifs is 1. The van der Waals surface area contributed by atoms with Gasteiger partial charge in [0.25, 0.3) is 0 Å². The Bertz CT molecular complexity index is 550. The number of hydrogen-bond donors (Lipinski definition) is 1. The minimum atomic E-state index is 0.428. The minimum absolute atomic E-state index is 0.428. The van der Waals surface area contributed by atoms with E-state index in [4.69, 9.17) is 4.74 Å². The van der Waals surface area contributed by atoms with E-state index in [0.29, 0.717) is 17.6 Å². The van der Waals surface area contributed by atoms with E-state index in [2.05, 4.69) is 27.0 Å². The van der Waals surface area contributed by atoms with Gasteiger partial charge in [0.1, 0.15) is 11.6 Å². The zero-order valence-corrected chi connectivity index (χ0v) is 15.1. The van der Waals surface area contributed by atoms with Crippen molar-refractivity contribution in [2.75, 3.05) is 13.2 Å². The maximum atomic E-state index is 6.02. The summed E-state index contributed by atoms with van der Waals surface area (Å²) in [4.78, 5) is 0. The van der Waals surface area contributed by atoms with Crippen molar-refractivity contribution in [2.24, 2.45) is 5.41 Å². The van der Waals surface area contributed by atoms with Gasteiger partial charge in [-0.1, -0.05) is 19.3 Å². The van der Waals surface area contributed by atoms with Gasteiger partial charge >= 0.3 is 0 Å². The molecule has 2 aliphatic carbocycles. The highest BCUT2D eigenvalue weighted by molar-refractivity contribution is 5.10. The topological polar surface area (TPSA) is 52.0 Å². The first-order chi connectivity index (χ1) is 11.8. The van der Waals surface area contributed by atoms with Gasteiger partial charge in [-0.2, -0.15) is 0 Å². The SMILES string of the molecule is CCOC1CC(NCCc2nnc3n2CCCCC3)C12CCCC2. The van der Waals surface area contributed by atoms with E-state index in [1.54, 1.807) is 0 Å². The molecule has 2 atom stereocenters. The van der Waals surface area contributed by atoms with Crippen LogP contribution in [0.15, 0.2) is 0 Å². The van der Waals surface area contributed by atoms with Crippen LogP contribution in [0.4, 0.5) is 0 Å². The monoisotopic (exact) mass is 332 g/mol. The number of nitrogens with zero attached hydrogens (tertiary/aromatic N) is 3. The molecule has 0 saturated heterocycles. The van der Waals surface area contributed by atoms with E-state index in [9.17, 15) is 0 Å². The van der Waals surface area contributed by atoms with E-state index in [-0.39, 0.29) is 0 Å². The second-order valence-corrected chi connectivity index (χ2v) is 7.87. The molecular weight excluding hydrogens is 300 g/mol. The summed E-state index contributed by atoms with van der Waals surface area (Å²) in [5.41, 5.74) is 0.428. The van der Waals surface area contributed by atoms with Crippen LogP contribution in [0.3, 0.4) is 0 Å². The number of hydrogen-bond acceptors (Lipinski definition) is 4. The molecule has 1 aromatic heterocycles. The molecule has 0 bridgehead atoms. The van der Waals surface area contributed by atoms with Crippen LogP contribution in [0.25, 0.3) is 0 Å². The molecule has 0 aromatic carbocycles. The van der Waals surface area contributed by atoms with Gasteiger partial charge in [0.15, 0.2) is 0 Å². The van der Waals surface area contributed by atoms with E-state index in [0.717, 1.165) is 32.5 Å². The van der Waals surface area contributed by atoms with Crippen LogP contribution < -0.4 is 5.32 Å². The number of aromatic nitrogens is 3. The molecule has 3 aliphatic rings. The summed E-state index contributed by atoms with van der Waals surface area (Å²) in [6.45, 7) is 5.10. The van der Waals surface area contributed by atoms with Crippen molar-refractivity contribution in [3.8, 4) is 0 Å². The van der Waals surface area contributed by atoms with Gasteiger partial charge in [0.2, 0.25) is 0 Å². The van der Waals surface area contributed by atoms with Crippen LogP contribution in [0.5, 0.6) is 0 Å². The van der Waals surface area contributed by atoms with E-state index in [1.807, 2.05) is 0 Å². The highest BCUT2D eigenvalue weighted by atomic mass is 16.5. The fraction of sp³-hybridized carbons (Fsp3) is 0.895. The highest BCUT2D eigenvalue weighted by Crippen LogP contribution is 2.54. The molecule has 24 heavy (non-hydrogen) atoms. The first-order valence-corrected chi connectivity index (χ1v) is 10.1. The van der Waals surface area contributed by atoms with Gasteiger partial charge in [-0.15, -0.1) is 10.2 Å². The standard InChI is InChI=1S/C19H32N4O/c1-2-24-16-14-15(19(16)10-5-6-11-19)20-12-9-18-22-21-17-8-4-3-7-13-23(17)18/h15-16,20H,2-14H2,1H3. The first-order valence-electron chi connectivity index (χ1n) is 10.1. The van der Waals surface area contributed by atoms with Crippen molar-refractivity contribution in [3.63, 3.8) is 0 Å². The van der Waals surface area contributed by atoms with Gasteiger partial charge in [-0.05, 0) is 39.0 Å². The van der Waals surface area contributed by atoms with E-state index < -0.39 is 0 Å². The third-order valence-electron chi connectivity index (χ3n) is 6.61. The van der Waals surface area contributed by atoms with Gasteiger partial charge in [-0.25, -0.2) is 0 Å². The zero-order valence-electron chi connectivity index (χ0n) is 15.1. The van der Waals surface area contributed by atoms with Crippen molar-refractivity contribution in [1.82, 2.24) is 20.1 Å². The average Bonchev–Trinajstić information content (AvgIpc) is 3.18. The molecule has 2 saturated carbocycles. The van der Waals surface area contributed by atoms with Crippen LogP contribution in [-0.4, -0.2) is 40.1 Å². The number of nitrogens with one attached hydrogen (secondary N) is 1. The Balaban J connectivity index is 1.32. The van der Waals surface area contributed by atoms with Gasteiger partial charge in [0.05, 0.1) is 6.10 Å². The fourth-order valence-corrected chi connectivity index (χ4v) is 5.26. The predicted octanol–water partition coefficient (Wildman–Crippen LogP) is 2.87. The maximum Gasteiger partial charge on any atom is 0.134 e. The second-order valence-electron chi connectivity index (χ2n) is 7.87. The molecule has 134 valence electrons. The Kier molecular flexibility index (Phi) is 4.90. The third-order valence-corrected chi connectivity index (χ3v) is 6.61. The molecule has 2 fully saturated rings. The third kappa shape index (κ3) is 2.90. The summed E-state index contributed by atoms with van der Waals surface area (Å²) in [5, 5.41) is 12.7. The van der Waals surface area contributed by atoms with Crippen molar-refractivity contribution in [2.45, 2.75) is 89.8 Å². The summed E-state index contributed by atoms with van der Waals surface area (Å²) >= 11 is 0. The Labute approximate surface area is 145 Å². The van der Waals surface area contributed by atoms with Crippen LogP contribution in [-0.2, 0) is 24.1 Å². The highest BCUT2D eigenvalue weighted by Gasteiger charge is 2.56. The predicted molar refractivity (Wildman–Crippen MR) is 94.0 cm³/mol. The lowest BCUT2D eigenvalue weighted by Gasteiger charge is -2.54. The summed E-state index contributed by atoms with van der Waals surface area (Å²) in [6.07, 6.45) is 13.1. The summed E-state index contributed by atoms with van der Waals surface area (Å²) in [7, 11) is 0. The van der Waals surface area contributed by atoms with Crippen LogP contribution in [0.1, 0.15) is 69.9 Å². The molecule has 1 spiro atoms. The Morgan fingerprint density at radius 3 is 2.88 bits per heavy atom. The number of rotatable bonds is 6. The van der Waals surface area contributed by atoms with Crippen molar-refractivity contribution in [3.05, 3.63) is 11.6 Å². The summed E-state index contributed by atoms with van der Waals surface area (Å²) in [5.74, 6) is 2.38. The molecule has 1 aromatic rings. The molecule has 2 unspecified atom stereocenters. The maximum absolute atomic E-state index is 6.02. The van der Waals surface area contributed by atoms with E-state index in [1.165, 1.54) is 63.0 Å². The molecule has 4 rings (SSSR count). The number of ether oxygens (including phenoxy) is 1. The van der Waals surface area contributed by atoms with Gasteiger partial charge in [0, 0.05) is 44.0 Å². The molecular formula is C19H32N4O. The average molecular weight is 332 g/mol. The number of aryl methyl sites for hydroxylation is 1. The lowest BCUT2D eigenvalue weighted by atomic mass is 9.60. The van der Waals surface area contributed by atoms with Gasteiger partial charge in [-0.3, -0.25) is 0 Å². The minimum Gasteiger partial charge on any atom is -0.378 e. The van der Waals surface area contributed by atoms with Gasteiger partial charge < -0.3 is 14.6 Å². The molecule has 5 nitrogen and oxygen atoms in total. The molecule has 1 N–H and O–H groups in total. The normalized spacial score (nSPS) is 28.5. The second kappa shape index (κ2) is 7.12. The van der Waals surface area contributed by atoms with Crippen LogP contribution >= 0.6 is 0 Å². The zero-order chi connectivity index (χ0) is 16.4. The Hall–Kier alpha value is -0.940. The molecule has 0 amide bonds. The largest absolute Gasteiger partial charge is 0.378 e. The Morgan fingerprint density at radius 1 is 1.17 bits per heavy atom. The lowest BCUT2D eigenvalue weighted by Crippen LogP contribution is -2.62. The quantitative estimate of drug-likeness (QED) is 0.870. The van der Waals surface area contributed by atoms with Crippen LogP contribution in [0.2, 0.25) is 0 Å². The van der Waals surface area contributed by atoms with E-state index >= 15 is 0 Å². The van der Waals surface area contributed by atoms with Crippen LogP contribution in [0, 0.1) is 5.41 Å². The summed E-state index contributed by atoms with van der Waals surface area (Å²) in [6, 6.07) is 0.642. The summed E-state index contributed by atoms with van der Waals surface area (Å²) < 4.78 is 8.40. The first kappa shape index (κ1) is 16.5. The Morgan fingerprint density at radius 2 is 2.04 bits per heavy atom. The fourth-order valence-electron chi connectivity index (χ4n) is 5.26. The van der Waals surface area contributed by atoms with Crippen molar-refractivity contribution < 1.29 is 4.74 Å². The molecule has 0 radical (unpaired) electrons. The lowest BCUT2D eigenvalue weighted by molar-refractivity contribution is -0.130. The van der Waals surface area contributed by atoms with Crippen molar-refractivity contribution in [1.29, 1.82) is 0 Å². The molecule has 2 heterocycles. The van der Waals surface area contributed by atoms with Crippen molar-refractivity contribution >= 4 is 0 Å². The molecule has 1 aliphatic heterocycles. The smallest absolute Gasteiger partial charge is 0.134 e. The molecule has 5 heteroatoms.